The van der Waals surface area contributed by atoms with Crippen LogP contribution in [0.5, 0.6) is 0 Å². The number of carbonyl (C=O) groups excluding carboxylic acids is 1. The van der Waals surface area contributed by atoms with Crippen LogP contribution in [0.3, 0.4) is 0 Å². The molecule has 4 rings (SSSR count). The van der Waals surface area contributed by atoms with Crippen LogP contribution in [-0.2, 0) is 11.8 Å². The molecule has 8 nitrogen and oxygen atoms in total. The molecule has 0 aromatic carbocycles. The summed E-state index contributed by atoms with van der Waals surface area (Å²) in [7, 11) is 1.85. The number of fused-ring (bicyclic) bond motifs is 1. The summed E-state index contributed by atoms with van der Waals surface area (Å²) in [5.74, 6) is -0.253. The number of hydrogen-bond acceptors (Lipinski definition) is 5. The molecule has 2 aliphatic carbocycles. The average molecular weight is 385 g/mol. The fraction of sp³-hybridized carbons (Fsp3) is 0.600. The molecule has 2 aromatic rings. The second-order valence-corrected chi connectivity index (χ2v) is 8.26. The fourth-order valence-electron chi connectivity index (χ4n) is 4.08. The molecule has 2 fully saturated rings. The number of rotatable bonds is 7. The number of nitrogens with zero attached hydrogens (tertiary/aromatic N) is 4. The highest BCUT2D eigenvalue weighted by Crippen LogP contribution is 2.34. The van der Waals surface area contributed by atoms with E-state index in [4.69, 9.17) is 5.11 Å². The molecule has 2 heterocycles. The summed E-state index contributed by atoms with van der Waals surface area (Å²) >= 11 is 0. The van der Waals surface area contributed by atoms with Gasteiger partial charge in [-0.25, -0.2) is 4.98 Å². The fourth-order valence-corrected chi connectivity index (χ4v) is 4.08. The van der Waals surface area contributed by atoms with Gasteiger partial charge < -0.3 is 10.4 Å². The number of aliphatic carboxylic acids is 1. The lowest BCUT2D eigenvalue weighted by Crippen LogP contribution is -2.55. The van der Waals surface area contributed by atoms with Crippen molar-refractivity contribution in [2.45, 2.75) is 51.6 Å². The number of carboxylic acids is 1. The summed E-state index contributed by atoms with van der Waals surface area (Å²) in [6.07, 6.45) is 4.00. The van der Waals surface area contributed by atoms with Crippen molar-refractivity contribution in [2.75, 3.05) is 13.1 Å². The third kappa shape index (κ3) is 3.73. The van der Waals surface area contributed by atoms with E-state index in [1.807, 2.05) is 27.0 Å². The summed E-state index contributed by atoms with van der Waals surface area (Å²) in [4.78, 5) is 30.6. The molecule has 0 unspecified atom stereocenters. The van der Waals surface area contributed by atoms with Crippen molar-refractivity contribution in [2.24, 2.45) is 13.0 Å². The van der Waals surface area contributed by atoms with Crippen LogP contribution in [-0.4, -0.2) is 61.8 Å². The zero-order valence-corrected chi connectivity index (χ0v) is 16.6. The Morgan fingerprint density at radius 1 is 1.29 bits per heavy atom. The molecule has 0 atom stereocenters. The minimum Gasteiger partial charge on any atom is -0.480 e. The van der Waals surface area contributed by atoms with Gasteiger partial charge in [-0.3, -0.25) is 19.2 Å². The Morgan fingerprint density at radius 3 is 2.64 bits per heavy atom. The predicted octanol–water partition coefficient (Wildman–Crippen LogP) is 1.64. The maximum atomic E-state index is 12.8. The first-order valence-electron chi connectivity index (χ1n) is 9.89. The third-order valence-corrected chi connectivity index (χ3v) is 5.93. The van der Waals surface area contributed by atoms with Crippen molar-refractivity contribution in [1.82, 2.24) is 25.0 Å². The Labute approximate surface area is 163 Å². The molecule has 0 bridgehead atoms. The first-order chi connectivity index (χ1) is 13.3. The van der Waals surface area contributed by atoms with Crippen LogP contribution in [0.4, 0.5) is 0 Å². The average Bonchev–Trinajstić information content (AvgIpc) is 3.35. The lowest BCUT2D eigenvalue weighted by molar-refractivity contribution is -0.139. The van der Waals surface area contributed by atoms with Gasteiger partial charge in [-0.05, 0) is 51.5 Å². The SMILES string of the molecule is Cc1nc2c(cc1C(=O)NC1CC(N(CC(=O)O)CC3CC3)C1)c(C)nn2C. The summed E-state index contributed by atoms with van der Waals surface area (Å²) in [5, 5.41) is 17.5. The molecule has 2 saturated carbocycles. The highest BCUT2D eigenvalue weighted by Gasteiger charge is 2.38. The topological polar surface area (TPSA) is 100 Å². The van der Waals surface area contributed by atoms with E-state index >= 15 is 0 Å². The van der Waals surface area contributed by atoms with Gasteiger partial charge in [-0.15, -0.1) is 0 Å². The molecule has 28 heavy (non-hydrogen) atoms. The second kappa shape index (κ2) is 7.16. The normalized spacial score (nSPS) is 21.7. The number of nitrogens with one attached hydrogen (secondary N) is 1. The quantitative estimate of drug-likeness (QED) is 0.752. The van der Waals surface area contributed by atoms with Crippen molar-refractivity contribution in [3.05, 3.63) is 23.0 Å². The highest BCUT2D eigenvalue weighted by atomic mass is 16.4. The summed E-state index contributed by atoms with van der Waals surface area (Å²) < 4.78 is 1.73. The number of carboxylic acid groups (broad SMARTS) is 1. The predicted molar refractivity (Wildman–Crippen MR) is 104 cm³/mol. The summed E-state index contributed by atoms with van der Waals surface area (Å²) in [5.41, 5.74) is 2.89. The van der Waals surface area contributed by atoms with Gasteiger partial charge >= 0.3 is 5.97 Å². The minimum atomic E-state index is -0.782. The zero-order valence-electron chi connectivity index (χ0n) is 16.6. The van der Waals surface area contributed by atoms with Crippen molar-refractivity contribution in [3.63, 3.8) is 0 Å². The smallest absolute Gasteiger partial charge is 0.317 e. The van der Waals surface area contributed by atoms with E-state index in [0.29, 0.717) is 17.2 Å². The Morgan fingerprint density at radius 2 is 2.00 bits per heavy atom. The first-order valence-corrected chi connectivity index (χ1v) is 9.89. The molecule has 8 heteroatoms. The van der Waals surface area contributed by atoms with E-state index in [1.54, 1.807) is 4.68 Å². The van der Waals surface area contributed by atoms with E-state index in [0.717, 1.165) is 36.1 Å². The van der Waals surface area contributed by atoms with Gasteiger partial charge in [0.1, 0.15) is 0 Å². The molecule has 0 saturated heterocycles. The first kappa shape index (κ1) is 18.9. The van der Waals surface area contributed by atoms with Gasteiger partial charge in [0.05, 0.1) is 23.5 Å². The highest BCUT2D eigenvalue weighted by molar-refractivity contribution is 5.98. The van der Waals surface area contributed by atoms with E-state index in [9.17, 15) is 9.59 Å². The van der Waals surface area contributed by atoms with Gasteiger partial charge in [0.2, 0.25) is 0 Å². The number of hydrogen-bond donors (Lipinski definition) is 2. The van der Waals surface area contributed by atoms with Gasteiger partial charge in [0, 0.05) is 31.1 Å². The summed E-state index contributed by atoms with van der Waals surface area (Å²) in [6.45, 7) is 4.69. The molecular formula is C20H27N5O3. The van der Waals surface area contributed by atoms with Crippen LogP contribution in [0.15, 0.2) is 6.07 Å². The Balaban J connectivity index is 1.39. The second-order valence-electron chi connectivity index (χ2n) is 8.26. The standard InChI is InChI=1S/C20H27N5O3/c1-11-17(8-16-12(2)23-24(3)19(16)21-11)20(28)22-14-6-15(7-14)25(10-18(26)27)9-13-4-5-13/h8,13-15H,4-7,9-10H2,1-3H3,(H,22,28)(H,26,27). The van der Waals surface area contributed by atoms with Gasteiger partial charge in [0.15, 0.2) is 5.65 Å². The monoisotopic (exact) mass is 385 g/mol. The number of amides is 1. The zero-order chi connectivity index (χ0) is 20.0. The van der Waals surface area contributed by atoms with E-state index < -0.39 is 5.97 Å². The van der Waals surface area contributed by atoms with Crippen molar-refractivity contribution in [1.29, 1.82) is 0 Å². The lowest BCUT2D eigenvalue weighted by atomic mass is 9.85. The third-order valence-electron chi connectivity index (χ3n) is 5.93. The van der Waals surface area contributed by atoms with Gasteiger partial charge in [-0.2, -0.15) is 5.10 Å². The molecule has 2 aliphatic rings. The van der Waals surface area contributed by atoms with Crippen molar-refractivity contribution < 1.29 is 14.7 Å². The van der Waals surface area contributed by atoms with E-state index in [-0.39, 0.29) is 24.5 Å². The molecule has 1 amide bonds. The van der Waals surface area contributed by atoms with Gasteiger partial charge in [-0.1, -0.05) is 0 Å². The molecular weight excluding hydrogens is 358 g/mol. The van der Waals surface area contributed by atoms with Crippen LogP contribution in [0.25, 0.3) is 11.0 Å². The van der Waals surface area contributed by atoms with Crippen molar-refractivity contribution in [3.8, 4) is 0 Å². The largest absolute Gasteiger partial charge is 0.480 e. The van der Waals surface area contributed by atoms with E-state index in [1.165, 1.54) is 12.8 Å². The number of carbonyl (C=O) groups is 2. The number of pyridine rings is 1. The van der Waals surface area contributed by atoms with Crippen LogP contribution in [0, 0.1) is 19.8 Å². The van der Waals surface area contributed by atoms with E-state index in [2.05, 4.69) is 20.3 Å². The minimum absolute atomic E-state index is 0.0816. The molecule has 0 aliphatic heterocycles. The molecule has 0 radical (unpaired) electrons. The molecule has 150 valence electrons. The Hall–Kier alpha value is -2.48. The maximum absolute atomic E-state index is 12.8. The van der Waals surface area contributed by atoms with Crippen LogP contribution in [0.1, 0.15) is 47.4 Å². The number of aryl methyl sites for hydroxylation is 3. The Kier molecular flexibility index (Phi) is 4.82. The molecule has 2 aromatic heterocycles. The van der Waals surface area contributed by atoms with Gasteiger partial charge in [0.25, 0.3) is 5.91 Å². The lowest BCUT2D eigenvalue weighted by Gasteiger charge is -2.42. The molecule has 2 N–H and O–H groups in total. The maximum Gasteiger partial charge on any atom is 0.317 e. The molecule has 0 spiro atoms. The van der Waals surface area contributed by atoms with Crippen LogP contribution >= 0.6 is 0 Å². The van der Waals surface area contributed by atoms with Crippen LogP contribution < -0.4 is 5.32 Å². The van der Waals surface area contributed by atoms with Crippen molar-refractivity contribution >= 4 is 22.9 Å². The Bertz CT molecular complexity index is 928. The van der Waals surface area contributed by atoms with Crippen LogP contribution in [0.2, 0.25) is 0 Å². The summed E-state index contributed by atoms with van der Waals surface area (Å²) in [6, 6.07) is 2.19. The number of aromatic nitrogens is 3.